The number of carbonyl (C=O) groups excluding carboxylic acids is 1. The summed E-state index contributed by atoms with van der Waals surface area (Å²) in [7, 11) is 0. The first-order valence-corrected chi connectivity index (χ1v) is 7.08. The van der Waals surface area contributed by atoms with Crippen LogP contribution in [0.1, 0.15) is 37.7 Å². The Labute approximate surface area is 118 Å². The number of benzene rings is 1. The first-order valence-electron chi connectivity index (χ1n) is 6.33. The lowest BCUT2D eigenvalue weighted by atomic mass is 10.00. The highest BCUT2D eigenvalue weighted by Crippen LogP contribution is 2.24. The summed E-state index contributed by atoms with van der Waals surface area (Å²) in [5.74, 6) is 0.195. The number of hydrogen-bond acceptors (Lipinski definition) is 1. The van der Waals surface area contributed by atoms with Crippen LogP contribution in [0.5, 0.6) is 0 Å². The Hall–Kier alpha value is -0.790. The zero-order valence-electron chi connectivity index (χ0n) is 10.2. The van der Waals surface area contributed by atoms with Crippen LogP contribution >= 0.6 is 23.2 Å². The molecule has 0 aromatic heterocycles. The maximum Gasteiger partial charge on any atom is 0.162 e. The van der Waals surface area contributed by atoms with E-state index >= 15 is 0 Å². The van der Waals surface area contributed by atoms with Crippen LogP contribution < -0.4 is 0 Å². The minimum absolute atomic E-state index is 0.195. The summed E-state index contributed by atoms with van der Waals surface area (Å²) >= 11 is 11.9. The van der Waals surface area contributed by atoms with E-state index in [2.05, 4.69) is 6.08 Å². The van der Waals surface area contributed by atoms with E-state index in [4.69, 9.17) is 23.2 Å². The number of allylic oxidation sites excluding steroid dienone is 2. The molecule has 0 unspecified atom stereocenters. The van der Waals surface area contributed by atoms with E-state index < -0.39 is 0 Å². The molecule has 3 heteroatoms. The zero-order chi connectivity index (χ0) is 13.0. The van der Waals surface area contributed by atoms with Crippen molar-refractivity contribution in [2.75, 3.05) is 0 Å². The maximum absolute atomic E-state index is 12.2. The predicted octanol–water partition coefficient (Wildman–Crippen LogP) is 5.00. The lowest BCUT2D eigenvalue weighted by Gasteiger charge is -2.06. The lowest BCUT2D eigenvalue weighted by Crippen LogP contribution is -2.06. The van der Waals surface area contributed by atoms with Gasteiger partial charge < -0.3 is 0 Å². The van der Waals surface area contributed by atoms with Crippen molar-refractivity contribution in [3.63, 3.8) is 0 Å². The number of ketones is 1. The highest BCUT2D eigenvalue weighted by molar-refractivity contribution is 6.35. The molecule has 0 amide bonds. The molecule has 1 nitrogen and oxygen atoms in total. The molecule has 0 saturated heterocycles. The van der Waals surface area contributed by atoms with Crippen LogP contribution in [0, 0.1) is 0 Å². The standard InChI is InChI=1S/C15H16Cl2O/c16-13-8-7-12(14(17)10-13)9-15(18)11-5-3-1-2-4-6-11/h5,7-8,10H,1-4,6,9H2. The van der Waals surface area contributed by atoms with Crippen molar-refractivity contribution in [3.05, 3.63) is 45.5 Å². The van der Waals surface area contributed by atoms with Crippen LogP contribution in [0.3, 0.4) is 0 Å². The summed E-state index contributed by atoms with van der Waals surface area (Å²) < 4.78 is 0. The Morgan fingerprint density at radius 2 is 2.00 bits per heavy atom. The van der Waals surface area contributed by atoms with E-state index in [-0.39, 0.29) is 5.78 Å². The minimum Gasteiger partial charge on any atom is -0.294 e. The van der Waals surface area contributed by atoms with Crippen LogP contribution in [-0.2, 0) is 11.2 Å². The summed E-state index contributed by atoms with van der Waals surface area (Å²) in [6, 6.07) is 5.30. The fourth-order valence-corrected chi connectivity index (χ4v) is 2.70. The minimum atomic E-state index is 0.195. The molecule has 96 valence electrons. The molecule has 0 N–H and O–H groups in total. The van der Waals surface area contributed by atoms with Crippen molar-refractivity contribution < 1.29 is 4.79 Å². The van der Waals surface area contributed by atoms with Gasteiger partial charge in [0.15, 0.2) is 5.78 Å². The second kappa shape index (κ2) is 6.40. The maximum atomic E-state index is 12.2. The van der Waals surface area contributed by atoms with Gasteiger partial charge in [-0.3, -0.25) is 4.79 Å². The number of Topliss-reactive ketones (excluding diaryl/α,β-unsaturated/α-hetero) is 1. The Balaban J connectivity index is 2.08. The van der Waals surface area contributed by atoms with Crippen molar-refractivity contribution in [1.29, 1.82) is 0 Å². The number of rotatable bonds is 3. The molecule has 1 aliphatic rings. The SMILES string of the molecule is O=C(Cc1ccc(Cl)cc1Cl)C1=CCCCCC1. The van der Waals surface area contributed by atoms with E-state index in [9.17, 15) is 4.79 Å². The van der Waals surface area contributed by atoms with E-state index in [1.165, 1.54) is 12.8 Å². The van der Waals surface area contributed by atoms with Crippen LogP contribution in [0.15, 0.2) is 29.8 Å². The average molecular weight is 283 g/mol. The first-order chi connectivity index (χ1) is 8.66. The summed E-state index contributed by atoms with van der Waals surface area (Å²) in [6.45, 7) is 0. The van der Waals surface area contributed by atoms with Gasteiger partial charge in [-0.1, -0.05) is 41.8 Å². The highest BCUT2D eigenvalue weighted by Gasteiger charge is 2.13. The molecular formula is C15H16Cl2O. The van der Waals surface area contributed by atoms with Gasteiger partial charge in [-0.2, -0.15) is 0 Å². The van der Waals surface area contributed by atoms with E-state index in [0.29, 0.717) is 16.5 Å². The fourth-order valence-electron chi connectivity index (χ4n) is 2.22. The zero-order valence-corrected chi connectivity index (χ0v) is 11.7. The second-order valence-electron chi connectivity index (χ2n) is 4.66. The van der Waals surface area contributed by atoms with Gasteiger partial charge in [0.05, 0.1) is 0 Å². The Morgan fingerprint density at radius 1 is 1.17 bits per heavy atom. The molecular weight excluding hydrogens is 267 g/mol. The van der Waals surface area contributed by atoms with Gasteiger partial charge in [-0.15, -0.1) is 0 Å². The van der Waals surface area contributed by atoms with Crippen molar-refractivity contribution in [2.45, 2.75) is 38.5 Å². The van der Waals surface area contributed by atoms with Gasteiger partial charge in [-0.05, 0) is 49.0 Å². The molecule has 0 atom stereocenters. The number of carbonyl (C=O) groups is 1. The molecule has 0 radical (unpaired) electrons. The van der Waals surface area contributed by atoms with Crippen LogP contribution in [0.2, 0.25) is 10.0 Å². The normalized spacial score (nSPS) is 16.0. The van der Waals surface area contributed by atoms with E-state index in [1.807, 2.05) is 6.07 Å². The highest BCUT2D eigenvalue weighted by atomic mass is 35.5. The largest absolute Gasteiger partial charge is 0.294 e. The van der Waals surface area contributed by atoms with Gasteiger partial charge in [-0.25, -0.2) is 0 Å². The first kappa shape index (κ1) is 13.6. The lowest BCUT2D eigenvalue weighted by molar-refractivity contribution is -0.115. The fraction of sp³-hybridized carbons (Fsp3) is 0.400. The molecule has 0 heterocycles. The van der Waals surface area contributed by atoms with Gasteiger partial charge in [0, 0.05) is 16.5 Å². The average Bonchev–Trinajstić information content (AvgIpc) is 2.61. The van der Waals surface area contributed by atoms with Gasteiger partial charge in [0.1, 0.15) is 0 Å². The van der Waals surface area contributed by atoms with Crippen LogP contribution in [0.4, 0.5) is 0 Å². The second-order valence-corrected chi connectivity index (χ2v) is 5.51. The van der Waals surface area contributed by atoms with Crippen molar-refractivity contribution in [1.82, 2.24) is 0 Å². The number of halogens is 2. The Morgan fingerprint density at radius 3 is 2.78 bits per heavy atom. The Kier molecular flexibility index (Phi) is 4.85. The van der Waals surface area contributed by atoms with Gasteiger partial charge in [0.2, 0.25) is 0 Å². The molecule has 0 saturated carbocycles. The third-order valence-corrected chi connectivity index (χ3v) is 3.85. The molecule has 0 aliphatic heterocycles. The van der Waals surface area contributed by atoms with Crippen molar-refractivity contribution in [3.8, 4) is 0 Å². The summed E-state index contributed by atoms with van der Waals surface area (Å²) in [5.41, 5.74) is 1.83. The summed E-state index contributed by atoms with van der Waals surface area (Å²) in [4.78, 5) is 12.2. The molecule has 18 heavy (non-hydrogen) atoms. The van der Waals surface area contributed by atoms with Gasteiger partial charge in [0.25, 0.3) is 0 Å². The molecule has 0 fully saturated rings. The smallest absolute Gasteiger partial charge is 0.162 e. The van der Waals surface area contributed by atoms with Crippen LogP contribution in [0.25, 0.3) is 0 Å². The van der Waals surface area contributed by atoms with E-state index in [0.717, 1.165) is 30.4 Å². The number of hydrogen-bond donors (Lipinski definition) is 0. The predicted molar refractivity (Wildman–Crippen MR) is 76.3 cm³/mol. The van der Waals surface area contributed by atoms with Crippen LogP contribution in [-0.4, -0.2) is 5.78 Å². The monoisotopic (exact) mass is 282 g/mol. The molecule has 0 bridgehead atoms. The quantitative estimate of drug-likeness (QED) is 0.763. The molecule has 1 aromatic carbocycles. The van der Waals surface area contributed by atoms with Gasteiger partial charge >= 0.3 is 0 Å². The Bertz CT molecular complexity index is 477. The molecule has 0 spiro atoms. The summed E-state index contributed by atoms with van der Waals surface area (Å²) in [6.07, 6.45) is 7.93. The third kappa shape index (κ3) is 3.60. The summed E-state index contributed by atoms with van der Waals surface area (Å²) in [5, 5.41) is 1.18. The molecule has 1 aliphatic carbocycles. The van der Waals surface area contributed by atoms with E-state index in [1.54, 1.807) is 12.1 Å². The molecule has 2 rings (SSSR count). The topological polar surface area (TPSA) is 17.1 Å². The van der Waals surface area contributed by atoms with Crippen molar-refractivity contribution >= 4 is 29.0 Å². The van der Waals surface area contributed by atoms with Crippen molar-refractivity contribution in [2.24, 2.45) is 0 Å². The molecule has 1 aromatic rings. The third-order valence-electron chi connectivity index (χ3n) is 3.27.